The van der Waals surface area contributed by atoms with Crippen molar-refractivity contribution in [2.45, 2.75) is 13.0 Å². The summed E-state index contributed by atoms with van der Waals surface area (Å²) in [6, 6.07) is 5.43. The van der Waals surface area contributed by atoms with Gasteiger partial charge in [0.05, 0.1) is 39.3 Å². The minimum absolute atomic E-state index is 0.00252. The van der Waals surface area contributed by atoms with Gasteiger partial charge in [-0.2, -0.15) is 0 Å². The molecule has 0 radical (unpaired) electrons. The second-order valence-electron chi connectivity index (χ2n) is 4.11. The van der Waals surface area contributed by atoms with Gasteiger partial charge in [-0.3, -0.25) is 9.59 Å². The van der Waals surface area contributed by atoms with Crippen LogP contribution in [0.5, 0.6) is 11.5 Å². The molecule has 1 aromatic carbocycles. The third-order valence-corrected chi connectivity index (χ3v) is 2.95. The first-order valence-corrected chi connectivity index (χ1v) is 5.65. The maximum atomic E-state index is 11.6. The Labute approximate surface area is 105 Å². The van der Waals surface area contributed by atoms with Crippen LogP contribution < -0.4 is 9.47 Å². The number of methoxy groups -OCH3 is 2. The molecule has 0 atom stereocenters. The van der Waals surface area contributed by atoms with Gasteiger partial charge in [-0.15, -0.1) is 0 Å². The van der Waals surface area contributed by atoms with Crippen molar-refractivity contribution in [3.63, 3.8) is 0 Å². The minimum atomic E-state index is -0.145. The topological polar surface area (TPSA) is 55.8 Å². The lowest BCUT2D eigenvalue weighted by Gasteiger charge is -2.19. The number of nitrogens with zero attached hydrogens (tertiary/aromatic N) is 1. The molecular weight excluding hydrogens is 234 g/mol. The quantitative estimate of drug-likeness (QED) is 0.747. The molecule has 0 aliphatic carbocycles. The van der Waals surface area contributed by atoms with Crippen LogP contribution in [0.3, 0.4) is 0 Å². The van der Waals surface area contributed by atoms with Gasteiger partial charge in [0.15, 0.2) is 5.78 Å². The highest BCUT2D eigenvalue weighted by atomic mass is 16.5. The van der Waals surface area contributed by atoms with Crippen LogP contribution in [0.15, 0.2) is 18.2 Å². The Morgan fingerprint density at radius 1 is 1.17 bits per heavy atom. The Bertz CT molecular complexity index is 462. The van der Waals surface area contributed by atoms with E-state index in [0.717, 1.165) is 5.56 Å². The standard InChI is InChI=1S/C13H15NO4/c1-17-11-4-3-5-12(18-2)10(11)8-14-7-9(15)6-13(14)16/h3-5H,6-8H2,1-2H3. The van der Waals surface area contributed by atoms with Crippen LogP contribution in [0.2, 0.25) is 0 Å². The number of amides is 1. The molecule has 1 amide bonds. The van der Waals surface area contributed by atoms with E-state index in [-0.39, 0.29) is 24.7 Å². The van der Waals surface area contributed by atoms with E-state index in [9.17, 15) is 9.59 Å². The predicted octanol–water partition coefficient (Wildman–Crippen LogP) is 1.01. The Hall–Kier alpha value is -2.04. The monoisotopic (exact) mass is 249 g/mol. The molecule has 2 rings (SSSR count). The van der Waals surface area contributed by atoms with Crippen molar-refractivity contribution in [1.82, 2.24) is 4.90 Å². The number of benzene rings is 1. The summed E-state index contributed by atoms with van der Waals surface area (Å²) < 4.78 is 10.5. The summed E-state index contributed by atoms with van der Waals surface area (Å²) in [7, 11) is 3.13. The zero-order valence-electron chi connectivity index (χ0n) is 10.4. The third-order valence-electron chi connectivity index (χ3n) is 2.95. The van der Waals surface area contributed by atoms with Crippen molar-refractivity contribution in [1.29, 1.82) is 0 Å². The van der Waals surface area contributed by atoms with Gasteiger partial charge in [-0.25, -0.2) is 0 Å². The van der Waals surface area contributed by atoms with Gasteiger partial charge in [0.2, 0.25) is 5.91 Å². The number of Topliss-reactive ketones (excluding diaryl/α,β-unsaturated/α-hetero) is 1. The van der Waals surface area contributed by atoms with Gasteiger partial charge in [0, 0.05) is 0 Å². The zero-order valence-corrected chi connectivity index (χ0v) is 10.4. The lowest BCUT2D eigenvalue weighted by molar-refractivity contribution is -0.128. The predicted molar refractivity (Wildman–Crippen MR) is 64.6 cm³/mol. The molecule has 0 unspecified atom stereocenters. The smallest absolute Gasteiger partial charge is 0.230 e. The van der Waals surface area contributed by atoms with E-state index < -0.39 is 0 Å². The number of hydrogen-bond donors (Lipinski definition) is 0. The largest absolute Gasteiger partial charge is 0.496 e. The number of carbonyl (C=O) groups excluding carboxylic acids is 2. The number of hydrogen-bond acceptors (Lipinski definition) is 4. The molecule has 18 heavy (non-hydrogen) atoms. The van der Waals surface area contributed by atoms with Gasteiger partial charge in [-0.05, 0) is 12.1 Å². The van der Waals surface area contributed by atoms with Crippen molar-refractivity contribution < 1.29 is 19.1 Å². The molecule has 1 aliphatic heterocycles. The van der Waals surface area contributed by atoms with Crippen LogP contribution >= 0.6 is 0 Å². The van der Waals surface area contributed by atoms with Crippen LogP contribution in [0.1, 0.15) is 12.0 Å². The van der Waals surface area contributed by atoms with Gasteiger partial charge < -0.3 is 14.4 Å². The van der Waals surface area contributed by atoms with Crippen molar-refractivity contribution in [3.05, 3.63) is 23.8 Å². The maximum absolute atomic E-state index is 11.6. The van der Waals surface area contributed by atoms with Crippen LogP contribution in [0.4, 0.5) is 0 Å². The van der Waals surface area contributed by atoms with Gasteiger partial charge in [-0.1, -0.05) is 6.07 Å². The molecule has 0 bridgehead atoms. The minimum Gasteiger partial charge on any atom is -0.496 e. The van der Waals surface area contributed by atoms with Crippen molar-refractivity contribution in [2.24, 2.45) is 0 Å². The number of ketones is 1. The molecule has 1 heterocycles. The van der Waals surface area contributed by atoms with Crippen molar-refractivity contribution >= 4 is 11.7 Å². The second kappa shape index (κ2) is 5.08. The van der Waals surface area contributed by atoms with E-state index >= 15 is 0 Å². The number of rotatable bonds is 4. The normalized spacial score (nSPS) is 15.1. The molecule has 1 saturated heterocycles. The fraction of sp³-hybridized carbons (Fsp3) is 0.385. The fourth-order valence-corrected chi connectivity index (χ4v) is 2.06. The van der Waals surface area contributed by atoms with Gasteiger partial charge in [0.25, 0.3) is 0 Å². The molecule has 0 aromatic heterocycles. The number of carbonyl (C=O) groups is 2. The van der Waals surface area contributed by atoms with E-state index in [0.29, 0.717) is 18.0 Å². The second-order valence-corrected chi connectivity index (χ2v) is 4.11. The zero-order chi connectivity index (χ0) is 13.1. The lowest BCUT2D eigenvalue weighted by atomic mass is 10.1. The van der Waals surface area contributed by atoms with Crippen molar-refractivity contribution in [3.8, 4) is 11.5 Å². The molecule has 1 aliphatic rings. The highest BCUT2D eigenvalue weighted by Crippen LogP contribution is 2.30. The van der Waals surface area contributed by atoms with E-state index in [4.69, 9.17) is 9.47 Å². The first-order valence-electron chi connectivity index (χ1n) is 5.65. The summed E-state index contributed by atoms with van der Waals surface area (Å²) in [6.45, 7) is 0.498. The Kier molecular flexibility index (Phi) is 3.50. The summed E-state index contributed by atoms with van der Waals surface area (Å²) in [5, 5.41) is 0. The molecule has 1 aromatic rings. The van der Waals surface area contributed by atoms with Crippen molar-refractivity contribution in [2.75, 3.05) is 20.8 Å². The molecule has 5 heteroatoms. The van der Waals surface area contributed by atoms with E-state index in [1.54, 1.807) is 26.4 Å². The molecular formula is C13H15NO4. The third kappa shape index (κ3) is 2.30. The summed E-state index contributed by atoms with van der Waals surface area (Å²) in [5.74, 6) is 1.12. The average molecular weight is 249 g/mol. The Morgan fingerprint density at radius 3 is 2.22 bits per heavy atom. The molecule has 0 saturated carbocycles. The molecule has 0 spiro atoms. The highest BCUT2D eigenvalue weighted by molar-refractivity contribution is 6.05. The molecule has 0 N–H and O–H groups in total. The van der Waals surface area contributed by atoms with Gasteiger partial charge in [0.1, 0.15) is 11.5 Å². The van der Waals surface area contributed by atoms with E-state index in [2.05, 4.69) is 0 Å². The summed E-state index contributed by atoms with van der Waals surface area (Å²) in [5.41, 5.74) is 0.783. The number of likely N-dealkylation sites (tertiary alicyclic amines) is 1. The summed E-state index contributed by atoms with van der Waals surface area (Å²) >= 11 is 0. The highest BCUT2D eigenvalue weighted by Gasteiger charge is 2.28. The Morgan fingerprint density at radius 2 is 1.78 bits per heavy atom. The SMILES string of the molecule is COc1cccc(OC)c1CN1CC(=O)CC1=O. The molecule has 5 nitrogen and oxygen atoms in total. The Balaban J connectivity index is 2.27. The fourth-order valence-electron chi connectivity index (χ4n) is 2.06. The maximum Gasteiger partial charge on any atom is 0.230 e. The van der Waals surface area contributed by atoms with Crippen LogP contribution in [-0.4, -0.2) is 37.4 Å². The van der Waals surface area contributed by atoms with Crippen LogP contribution in [0, 0.1) is 0 Å². The van der Waals surface area contributed by atoms with Gasteiger partial charge >= 0.3 is 0 Å². The number of ether oxygens (including phenoxy) is 2. The van der Waals surface area contributed by atoms with Crippen LogP contribution in [-0.2, 0) is 16.1 Å². The summed E-state index contributed by atoms with van der Waals surface area (Å²) in [6.07, 6.45) is -0.00252. The van der Waals surface area contributed by atoms with E-state index in [1.807, 2.05) is 6.07 Å². The molecule has 1 fully saturated rings. The lowest BCUT2D eigenvalue weighted by Crippen LogP contribution is -2.25. The first kappa shape index (κ1) is 12.4. The van der Waals surface area contributed by atoms with E-state index in [1.165, 1.54) is 4.90 Å². The summed E-state index contributed by atoms with van der Waals surface area (Å²) in [4.78, 5) is 24.4. The van der Waals surface area contributed by atoms with Crippen LogP contribution in [0.25, 0.3) is 0 Å². The average Bonchev–Trinajstić information content (AvgIpc) is 2.68. The first-order chi connectivity index (χ1) is 8.65. The molecule has 96 valence electrons.